The summed E-state index contributed by atoms with van der Waals surface area (Å²) in [6.45, 7) is 5.33. The number of hydrogen-bond donors (Lipinski definition) is 5. The Bertz CT molecular complexity index is 578. The highest BCUT2D eigenvalue weighted by Gasteiger charge is 2.47. The lowest BCUT2D eigenvalue weighted by molar-refractivity contribution is -0.208. The van der Waals surface area contributed by atoms with Crippen LogP contribution in [0.5, 0.6) is 0 Å². The fourth-order valence-electron chi connectivity index (χ4n) is 4.42. The second-order valence-corrected chi connectivity index (χ2v) is 10.3. The molecule has 2 fully saturated rings. The van der Waals surface area contributed by atoms with Gasteiger partial charge in [0.2, 0.25) is 11.8 Å². The lowest BCUT2D eigenvalue weighted by Gasteiger charge is -2.44. The van der Waals surface area contributed by atoms with E-state index in [0.717, 1.165) is 13.3 Å². The Morgan fingerprint density at radius 1 is 1.26 bits per heavy atom. The average molecular weight is 469 g/mol. The van der Waals surface area contributed by atoms with Crippen molar-refractivity contribution in [2.24, 2.45) is 11.8 Å². The maximum absolute atomic E-state index is 13.1. The van der Waals surface area contributed by atoms with E-state index in [1.54, 1.807) is 6.26 Å². The fourth-order valence-corrected chi connectivity index (χ4v) is 5.10. The Kier molecular flexibility index (Phi) is 9.97. The van der Waals surface area contributed by atoms with Gasteiger partial charge in [-0.05, 0) is 50.8 Å². The number of thioether (sulfide) groups is 1. The van der Waals surface area contributed by atoms with Crippen LogP contribution < -0.4 is 10.6 Å². The summed E-state index contributed by atoms with van der Waals surface area (Å²) in [7, 11) is 0. The lowest BCUT2D eigenvalue weighted by Crippen LogP contribution is -2.65. The van der Waals surface area contributed by atoms with E-state index in [9.17, 15) is 28.9 Å². The Balaban J connectivity index is 1.98. The summed E-state index contributed by atoms with van der Waals surface area (Å²) in [6.07, 6.45) is -0.721. The average Bonchev–Trinajstić information content (AvgIpc) is 2.70. The minimum Gasteiger partial charge on any atom is -0.388 e. The summed E-state index contributed by atoms with van der Waals surface area (Å²) >= 11 is 1.23. The van der Waals surface area contributed by atoms with Crippen LogP contribution in [0.4, 0.5) is 8.78 Å². The first kappa shape index (κ1) is 26.7. The van der Waals surface area contributed by atoms with Gasteiger partial charge in [0.25, 0.3) is 0 Å². The monoisotopic (exact) mass is 468 g/mol. The van der Waals surface area contributed by atoms with E-state index >= 15 is 0 Å². The van der Waals surface area contributed by atoms with Gasteiger partial charge in [-0.15, -0.1) is 11.8 Å². The molecule has 5 N–H and O–H groups in total. The molecule has 0 aromatic rings. The number of piperidine rings is 1. The molecule has 2 rings (SSSR count). The van der Waals surface area contributed by atoms with Gasteiger partial charge in [-0.3, -0.25) is 4.79 Å². The molecule has 7 nitrogen and oxygen atoms in total. The number of carbonyl (C=O) groups is 1. The van der Waals surface area contributed by atoms with E-state index in [4.69, 9.17) is 4.74 Å². The molecule has 0 aromatic carbocycles. The standard InChI is InChI=1S/C21H38F2N2O5S/c1-11(2)14(18-16(27)15(26)17(28)20(30-18)31-4)25-19(29)13-10-12(7-9-24-13)6-5-8-21(3,22)23/h11-18,20,24,26-28H,5-10H2,1-4H3,(H,25,29). The minimum absolute atomic E-state index is 0.0975. The van der Waals surface area contributed by atoms with Gasteiger partial charge in [0.15, 0.2) is 0 Å². The zero-order chi connectivity index (χ0) is 23.3. The van der Waals surface area contributed by atoms with Crippen molar-refractivity contribution in [1.82, 2.24) is 10.6 Å². The molecule has 8 unspecified atom stereocenters. The SMILES string of the molecule is CSC1OC(C(NC(=O)C2CC(CCCC(C)(F)F)CCN2)C(C)C)C(O)C(O)C1O. The number of ether oxygens (including phenoxy) is 1. The molecule has 2 heterocycles. The van der Waals surface area contributed by atoms with Gasteiger partial charge in [0.05, 0.1) is 12.1 Å². The van der Waals surface area contributed by atoms with Gasteiger partial charge in [-0.25, -0.2) is 8.78 Å². The van der Waals surface area contributed by atoms with Crippen LogP contribution in [-0.2, 0) is 9.53 Å². The van der Waals surface area contributed by atoms with Crippen molar-refractivity contribution in [3.05, 3.63) is 0 Å². The van der Waals surface area contributed by atoms with Crippen molar-refractivity contribution in [3.63, 3.8) is 0 Å². The van der Waals surface area contributed by atoms with Gasteiger partial charge >= 0.3 is 0 Å². The Morgan fingerprint density at radius 2 is 1.94 bits per heavy atom. The number of carbonyl (C=O) groups excluding carboxylic acids is 1. The predicted molar refractivity (Wildman–Crippen MR) is 116 cm³/mol. The highest BCUT2D eigenvalue weighted by Crippen LogP contribution is 2.31. The molecule has 0 radical (unpaired) electrons. The summed E-state index contributed by atoms with van der Waals surface area (Å²) in [5, 5.41) is 37.0. The molecular weight excluding hydrogens is 430 g/mol. The number of nitrogens with one attached hydrogen (secondary N) is 2. The molecule has 2 aliphatic heterocycles. The third kappa shape index (κ3) is 7.50. The maximum atomic E-state index is 13.1. The third-order valence-electron chi connectivity index (χ3n) is 6.28. The summed E-state index contributed by atoms with van der Waals surface area (Å²) in [5.74, 6) is -2.80. The highest BCUT2D eigenvalue weighted by molar-refractivity contribution is 7.99. The Hall–Kier alpha value is -0.520. The second-order valence-electron chi connectivity index (χ2n) is 9.31. The highest BCUT2D eigenvalue weighted by atomic mass is 32.2. The van der Waals surface area contributed by atoms with Crippen molar-refractivity contribution in [3.8, 4) is 0 Å². The minimum atomic E-state index is -2.66. The molecule has 2 saturated heterocycles. The van der Waals surface area contributed by atoms with Crippen molar-refractivity contribution in [2.45, 2.75) is 101 Å². The summed E-state index contributed by atoms with van der Waals surface area (Å²) < 4.78 is 32.0. The van der Waals surface area contributed by atoms with Crippen LogP contribution in [0.25, 0.3) is 0 Å². The maximum Gasteiger partial charge on any atom is 0.245 e. The molecule has 0 spiro atoms. The molecule has 0 saturated carbocycles. The van der Waals surface area contributed by atoms with Crippen LogP contribution >= 0.6 is 11.8 Å². The first-order chi connectivity index (χ1) is 14.4. The molecule has 10 heteroatoms. The van der Waals surface area contributed by atoms with Gasteiger partial charge < -0.3 is 30.7 Å². The van der Waals surface area contributed by atoms with Crippen LogP contribution in [0.15, 0.2) is 0 Å². The van der Waals surface area contributed by atoms with Crippen LogP contribution in [0, 0.1) is 11.8 Å². The van der Waals surface area contributed by atoms with Crippen LogP contribution in [0.1, 0.15) is 52.9 Å². The van der Waals surface area contributed by atoms with Crippen molar-refractivity contribution < 1.29 is 33.6 Å². The Morgan fingerprint density at radius 3 is 2.52 bits per heavy atom. The van der Waals surface area contributed by atoms with Gasteiger partial charge in [-0.2, -0.15) is 0 Å². The van der Waals surface area contributed by atoms with E-state index < -0.39 is 47.9 Å². The van der Waals surface area contributed by atoms with E-state index in [0.29, 0.717) is 25.8 Å². The molecule has 0 bridgehead atoms. The molecule has 8 atom stereocenters. The van der Waals surface area contributed by atoms with Gasteiger partial charge in [-0.1, -0.05) is 20.3 Å². The zero-order valence-electron chi connectivity index (χ0n) is 18.8. The van der Waals surface area contributed by atoms with Crippen molar-refractivity contribution in [2.75, 3.05) is 12.8 Å². The first-order valence-corrected chi connectivity index (χ1v) is 12.4. The second kappa shape index (κ2) is 11.6. The van der Waals surface area contributed by atoms with Crippen LogP contribution in [0.2, 0.25) is 0 Å². The number of alkyl halides is 2. The molecule has 182 valence electrons. The zero-order valence-corrected chi connectivity index (χ0v) is 19.6. The van der Waals surface area contributed by atoms with E-state index in [2.05, 4.69) is 10.6 Å². The van der Waals surface area contributed by atoms with Crippen molar-refractivity contribution >= 4 is 17.7 Å². The van der Waals surface area contributed by atoms with E-state index in [1.165, 1.54) is 11.8 Å². The summed E-state index contributed by atoms with van der Waals surface area (Å²) in [6, 6.07) is -1.02. The Labute approximate surface area is 187 Å². The molecule has 31 heavy (non-hydrogen) atoms. The van der Waals surface area contributed by atoms with E-state index in [-0.39, 0.29) is 24.2 Å². The van der Waals surface area contributed by atoms with Gasteiger partial charge in [0, 0.05) is 6.42 Å². The van der Waals surface area contributed by atoms with Gasteiger partial charge in [0.1, 0.15) is 29.9 Å². The predicted octanol–water partition coefficient (Wildman–Crippen LogP) is 1.49. The quantitative estimate of drug-likeness (QED) is 0.349. The smallest absolute Gasteiger partial charge is 0.245 e. The largest absolute Gasteiger partial charge is 0.388 e. The number of aliphatic hydroxyl groups is 3. The molecule has 1 amide bonds. The van der Waals surface area contributed by atoms with Crippen LogP contribution in [0.3, 0.4) is 0 Å². The molecular formula is C21H38F2N2O5S. The molecule has 0 aromatic heterocycles. The normalized spacial score (nSPS) is 35.7. The number of rotatable bonds is 9. The summed E-state index contributed by atoms with van der Waals surface area (Å²) in [4.78, 5) is 13.0. The number of amides is 1. The summed E-state index contributed by atoms with van der Waals surface area (Å²) in [5.41, 5.74) is -0.713. The number of halogens is 2. The topological polar surface area (TPSA) is 111 Å². The first-order valence-electron chi connectivity index (χ1n) is 11.1. The van der Waals surface area contributed by atoms with E-state index in [1.807, 2.05) is 13.8 Å². The molecule has 2 aliphatic rings. The number of hydrogen-bond acceptors (Lipinski definition) is 7. The van der Waals surface area contributed by atoms with Crippen LogP contribution in [-0.4, -0.2) is 81.9 Å². The lowest BCUT2D eigenvalue weighted by atomic mass is 9.86. The fraction of sp³-hybridized carbons (Fsp3) is 0.952. The number of aliphatic hydroxyl groups excluding tert-OH is 3. The third-order valence-corrected chi connectivity index (χ3v) is 7.13. The van der Waals surface area contributed by atoms with Crippen molar-refractivity contribution in [1.29, 1.82) is 0 Å². The molecule has 0 aliphatic carbocycles.